The molecule has 1 aliphatic rings. The van der Waals surface area contributed by atoms with Crippen LogP contribution in [0, 0.1) is 0 Å². The van der Waals surface area contributed by atoms with Gasteiger partial charge in [0.05, 0.1) is 11.9 Å². The summed E-state index contributed by atoms with van der Waals surface area (Å²) < 4.78 is 0. The first-order valence-corrected chi connectivity index (χ1v) is 6.59. The summed E-state index contributed by atoms with van der Waals surface area (Å²) in [6.45, 7) is 5.84. The van der Waals surface area contributed by atoms with Crippen LogP contribution >= 0.6 is 0 Å². The lowest BCUT2D eigenvalue weighted by atomic mass is 10.2. The molecule has 2 heterocycles. The third kappa shape index (κ3) is 3.20. The minimum absolute atomic E-state index is 0.171. The maximum absolute atomic E-state index is 12.2. The van der Waals surface area contributed by atoms with E-state index in [2.05, 4.69) is 20.2 Å². The average Bonchev–Trinajstić information content (AvgIpc) is 2.74. The molecular weight excluding hydrogens is 242 g/mol. The summed E-state index contributed by atoms with van der Waals surface area (Å²) in [5.41, 5.74) is 6.41. The summed E-state index contributed by atoms with van der Waals surface area (Å²) >= 11 is 0. The molecule has 3 N–H and O–H groups in total. The van der Waals surface area contributed by atoms with Crippen molar-refractivity contribution in [1.29, 1.82) is 0 Å². The van der Waals surface area contributed by atoms with Gasteiger partial charge in [0.1, 0.15) is 5.82 Å². The van der Waals surface area contributed by atoms with Gasteiger partial charge in [-0.15, -0.1) is 0 Å². The van der Waals surface area contributed by atoms with Gasteiger partial charge >= 0.3 is 0 Å². The van der Waals surface area contributed by atoms with Crippen LogP contribution in [-0.2, 0) is 0 Å². The number of hydrogen-bond acceptors (Lipinski definition) is 5. The fourth-order valence-corrected chi connectivity index (χ4v) is 2.17. The van der Waals surface area contributed by atoms with E-state index in [4.69, 9.17) is 5.73 Å². The lowest BCUT2D eigenvalue weighted by Gasteiger charge is -2.14. The zero-order valence-corrected chi connectivity index (χ0v) is 11.7. The van der Waals surface area contributed by atoms with Gasteiger partial charge in [0, 0.05) is 18.5 Å². The smallest absolute Gasteiger partial charge is 0.272 e. The largest absolute Gasteiger partial charge is 0.396 e. The summed E-state index contributed by atoms with van der Waals surface area (Å²) in [5, 5.41) is 2.98. The van der Waals surface area contributed by atoms with Crippen molar-refractivity contribution >= 4 is 11.6 Å². The fraction of sp³-hybridized carbons (Fsp3) is 0.615. The average molecular weight is 263 g/mol. The van der Waals surface area contributed by atoms with E-state index in [-0.39, 0.29) is 23.6 Å². The Kier molecular flexibility index (Phi) is 3.99. The molecule has 1 saturated heterocycles. The van der Waals surface area contributed by atoms with E-state index in [1.165, 1.54) is 6.20 Å². The molecule has 1 aliphatic heterocycles. The monoisotopic (exact) mass is 263 g/mol. The number of aromatic nitrogens is 2. The summed E-state index contributed by atoms with van der Waals surface area (Å²) in [4.78, 5) is 22.8. The topological polar surface area (TPSA) is 84.1 Å². The predicted molar refractivity (Wildman–Crippen MR) is 73.9 cm³/mol. The summed E-state index contributed by atoms with van der Waals surface area (Å²) in [6.07, 6.45) is 2.47. The van der Waals surface area contributed by atoms with Crippen molar-refractivity contribution in [1.82, 2.24) is 20.2 Å². The highest BCUT2D eigenvalue weighted by Gasteiger charge is 2.23. The van der Waals surface area contributed by atoms with Gasteiger partial charge in [-0.3, -0.25) is 4.79 Å². The van der Waals surface area contributed by atoms with Crippen LogP contribution < -0.4 is 11.1 Å². The molecule has 104 valence electrons. The van der Waals surface area contributed by atoms with Gasteiger partial charge in [0.25, 0.3) is 5.91 Å². The Morgan fingerprint density at radius 2 is 2.32 bits per heavy atom. The molecule has 0 aliphatic carbocycles. The maximum Gasteiger partial charge on any atom is 0.272 e. The highest BCUT2D eigenvalue weighted by Crippen LogP contribution is 2.14. The fourth-order valence-electron chi connectivity index (χ4n) is 2.17. The Labute approximate surface area is 113 Å². The molecule has 0 saturated carbocycles. The normalized spacial score (nSPS) is 19.9. The molecule has 0 radical (unpaired) electrons. The van der Waals surface area contributed by atoms with Gasteiger partial charge in [0.15, 0.2) is 5.69 Å². The molecule has 0 aromatic carbocycles. The molecule has 1 fully saturated rings. The van der Waals surface area contributed by atoms with E-state index in [0.29, 0.717) is 11.5 Å². The third-order valence-electron chi connectivity index (χ3n) is 3.29. The van der Waals surface area contributed by atoms with E-state index in [9.17, 15) is 4.79 Å². The lowest BCUT2D eigenvalue weighted by Crippen LogP contribution is -2.37. The number of carbonyl (C=O) groups excluding carboxylic acids is 1. The van der Waals surface area contributed by atoms with E-state index < -0.39 is 0 Å². The Hall–Kier alpha value is -1.69. The number of nitrogen functional groups attached to an aromatic ring is 1. The highest BCUT2D eigenvalue weighted by molar-refractivity contribution is 5.97. The minimum atomic E-state index is -0.206. The van der Waals surface area contributed by atoms with Crippen LogP contribution in [0.25, 0.3) is 0 Å². The second kappa shape index (κ2) is 5.52. The Bertz CT molecular complexity index is 474. The second-order valence-electron chi connectivity index (χ2n) is 5.41. The molecule has 6 nitrogen and oxygen atoms in total. The van der Waals surface area contributed by atoms with Gasteiger partial charge in [-0.05, 0) is 20.0 Å². The van der Waals surface area contributed by atoms with E-state index in [1.807, 2.05) is 20.9 Å². The maximum atomic E-state index is 12.2. The molecule has 19 heavy (non-hydrogen) atoms. The van der Waals surface area contributed by atoms with Crippen molar-refractivity contribution in [2.24, 2.45) is 0 Å². The number of hydrogen-bond donors (Lipinski definition) is 2. The molecule has 0 spiro atoms. The van der Waals surface area contributed by atoms with Gasteiger partial charge in [-0.25, -0.2) is 9.97 Å². The first-order valence-electron chi connectivity index (χ1n) is 6.59. The van der Waals surface area contributed by atoms with Crippen LogP contribution in [0.4, 0.5) is 5.69 Å². The lowest BCUT2D eigenvalue weighted by molar-refractivity contribution is 0.0934. The van der Waals surface area contributed by atoms with Crippen molar-refractivity contribution in [2.45, 2.75) is 32.2 Å². The Balaban J connectivity index is 2.12. The standard InChI is InChI=1S/C13H21N5O/c1-8(2)12-15-6-10(14)11(17-12)13(19)16-9-4-5-18(3)7-9/h6,8-9H,4-5,7,14H2,1-3H3,(H,16,19). The van der Waals surface area contributed by atoms with E-state index in [1.54, 1.807) is 0 Å². The number of nitrogens with one attached hydrogen (secondary N) is 1. The number of likely N-dealkylation sites (N-methyl/N-ethyl adjacent to an activating group) is 1. The van der Waals surface area contributed by atoms with Crippen LogP contribution in [0.2, 0.25) is 0 Å². The quantitative estimate of drug-likeness (QED) is 0.835. The zero-order chi connectivity index (χ0) is 14.0. The van der Waals surface area contributed by atoms with Crippen LogP contribution in [-0.4, -0.2) is 47.0 Å². The van der Waals surface area contributed by atoms with E-state index >= 15 is 0 Å². The molecule has 1 aromatic rings. The van der Waals surface area contributed by atoms with Crippen LogP contribution in [0.3, 0.4) is 0 Å². The zero-order valence-electron chi connectivity index (χ0n) is 11.7. The molecule has 1 atom stereocenters. The molecule has 2 rings (SSSR count). The van der Waals surface area contributed by atoms with Gasteiger partial charge < -0.3 is 16.0 Å². The number of nitrogens with zero attached hydrogens (tertiary/aromatic N) is 3. The predicted octanol–water partition coefficient (Wildman–Crippen LogP) is 0.616. The number of anilines is 1. The van der Waals surface area contributed by atoms with Crippen molar-refractivity contribution in [3.63, 3.8) is 0 Å². The van der Waals surface area contributed by atoms with Crippen LogP contribution in [0.15, 0.2) is 6.20 Å². The van der Waals surface area contributed by atoms with Crippen molar-refractivity contribution in [3.05, 3.63) is 17.7 Å². The third-order valence-corrected chi connectivity index (χ3v) is 3.29. The van der Waals surface area contributed by atoms with Crippen molar-refractivity contribution < 1.29 is 4.79 Å². The molecular formula is C13H21N5O. The summed E-state index contributed by atoms with van der Waals surface area (Å²) in [5.74, 6) is 0.606. The Morgan fingerprint density at radius 1 is 1.58 bits per heavy atom. The van der Waals surface area contributed by atoms with Gasteiger partial charge in [0.2, 0.25) is 0 Å². The number of nitrogens with two attached hydrogens (primary N) is 1. The van der Waals surface area contributed by atoms with Crippen molar-refractivity contribution in [2.75, 3.05) is 25.9 Å². The number of amides is 1. The number of carbonyl (C=O) groups is 1. The van der Waals surface area contributed by atoms with Crippen LogP contribution in [0.1, 0.15) is 42.5 Å². The molecule has 1 amide bonds. The Morgan fingerprint density at radius 3 is 2.89 bits per heavy atom. The molecule has 6 heteroatoms. The molecule has 0 bridgehead atoms. The second-order valence-corrected chi connectivity index (χ2v) is 5.41. The number of rotatable bonds is 3. The van der Waals surface area contributed by atoms with Crippen molar-refractivity contribution in [3.8, 4) is 0 Å². The summed E-state index contributed by atoms with van der Waals surface area (Å²) in [7, 11) is 2.04. The minimum Gasteiger partial charge on any atom is -0.396 e. The van der Waals surface area contributed by atoms with Gasteiger partial charge in [-0.2, -0.15) is 0 Å². The first-order chi connectivity index (χ1) is 8.97. The first kappa shape index (κ1) is 13.7. The van der Waals surface area contributed by atoms with Crippen LogP contribution in [0.5, 0.6) is 0 Å². The highest BCUT2D eigenvalue weighted by atomic mass is 16.2. The molecule has 1 aromatic heterocycles. The van der Waals surface area contributed by atoms with Gasteiger partial charge in [-0.1, -0.05) is 13.8 Å². The van der Waals surface area contributed by atoms with E-state index in [0.717, 1.165) is 19.5 Å². The number of likely N-dealkylation sites (tertiary alicyclic amines) is 1. The summed E-state index contributed by atoms with van der Waals surface area (Å²) in [6, 6.07) is 0.175. The SMILES string of the molecule is CC(C)c1ncc(N)c(C(=O)NC2CCN(C)C2)n1. The molecule has 1 unspecified atom stereocenters.